The van der Waals surface area contributed by atoms with E-state index in [-0.39, 0.29) is 23.8 Å². The van der Waals surface area contributed by atoms with Gasteiger partial charge in [0.05, 0.1) is 12.1 Å². The SMILES string of the molecule is Cc1ccc(C)c(NC(=O)CN(C)C(=O)c2cc(C)ccc2O)c1. The Kier molecular flexibility index (Phi) is 5.24. The smallest absolute Gasteiger partial charge is 0.257 e. The molecule has 0 unspecified atom stereocenters. The Morgan fingerprint density at radius 1 is 1.04 bits per heavy atom. The van der Waals surface area contributed by atoms with Crippen LogP contribution in [-0.4, -0.2) is 35.4 Å². The van der Waals surface area contributed by atoms with Gasteiger partial charge < -0.3 is 15.3 Å². The molecular weight excluding hydrogens is 304 g/mol. The molecule has 2 aromatic carbocycles. The van der Waals surface area contributed by atoms with Crippen molar-refractivity contribution in [1.82, 2.24) is 4.90 Å². The van der Waals surface area contributed by atoms with Crippen LogP contribution in [-0.2, 0) is 4.79 Å². The number of amides is 2. The molecule has 2 amide bonds. The van der Waals surface area contributed by atoms with E-state index in [1.807, 2.05) is 39.0 Å². The number of benzene rings is 2. The van der Waals surface area contributed by atoms with Crippen LogP contribution < -0.4 is 5.32 Å². The van der Waals surface area contributed by atoms with E-state index in [1.165, 1.54) is 18.0 Å². The number of phenolic OH excluding ortho intramolecular Hbond substituents is 1. The van der Waals surface area contributed by atoms with Gasteiger partial charge in [-0.3, -0.25) is 9.59 Å². The van der Waals surface area contributed by atoms with Crippen LogP contribution in [0, 0.1) is 20.8 Å². The number of carbonyl (C=O) groups excluding carboxylic acids is 2. The van der Waals surface area contributed by atoms with E-state index in [2.05, 4.69) is 5.32 Å². The molecule has 0 atom stereocenters. The van der Waals surface area contributed by atoms with E-state index < -0.39 is 5.91 Å². The molecule has 0 radical (unpaired) electrons. The molecule has 0 fully saturated rings. The molecule has 5 heteroatoms. The Bertz CT molecular complexity index is 784. The molecule has 0 aliphatic rings. The van der Waals surface area contributed by atoms with Crippen molar-refractivity contribution < 1.29 is 14.7 Å². The summed E-state index contributed by atoms with van der Waals surface area (Å²) in [5.74, 6) is -0.772. The average Bonchev–Trinajstić information content (AvgIpc) is 2.52. The van der Waals surface area contributed by atoms with Gasteiger partial charge in [-0.25, -0.2) is 0 Å². The second-order valence-electron chi connectivity index (χ2n) is 6.05. The summed E-state index contributed by atoms with van der Waals surface area (Å²) in [5, 5.41) is 12.7. The zero-order valence-electron chi connectivity index (χ0n) is 14.4. The van der Waals surface area contributed by atoms with Gasteiger partial charge in [0.15, 0.2) is 0 Å². The zero-order valence-corrected chi connectivity index (χ0v) is 14.4. The zero-order chi connectivity index (χ0) is 17.9. The van der Waals surface area contributed by atoms with Gasteiger partial charge in [-0.05, 0) is 50.1 Å². The summed E-state index contributed by atoms with van der Waals surface area (Å²) in [6.07, 6.45) is 0. The first kappa shape index (κ1) is 17.5. The number of nitrogens with zero attached hydrogens (tertiary/aromatic N) is 1. The maximum atomic E-state index is 12.4. The van der Waals surface area contributed by atoms with Gasteiger partial charge in [0.25, 0.3) is 5.91 Å². The lowest BCUT2D eigenvalue weighted by atomic mass is 10.1. The maximum Gasteiger partial charge on any atom is 0.257 e. The predicted molar refractivity (Wildman–Crippen MR) is 94.4 cm³/mol. The molecule has 0 aromatic heterocycles. The second kappa shape index (κ2) is 7.17. The fourth-order valence-electron chi connectivity index (χ4n) is 2.37. The minimum absolute atomic E-state index is 0.0904. The molecule has 0 aliphatic heterocycles. The lowest BCUT2D eigenvalue weighted by molar-refractivity contribution is -0.116. The number of likely N-dealkylation sites (N-methyl/N-ethyl adjacent to an activating group) is 1. The predicted octanol–water partition coefficient (Wildman–Crippen LogP) is 3.03. The van der Waals surface area contributed by atoms with Crippen molar-refractivity contribution in [2.24, 2.45) is 0 Å². The van der Waals surface area contributed by atoms with Crippen molar-refractivity contribution in [3.8, 4) is 5.75 Å². The number of phenols is 1. The van der Waals surface area contributed by atoms with Crippen LogP contribution in [0.1, 0.15) is 27.0 Å². The molecule has 0 bridgehead atoms. The molecule has 24 heavy (non-hydrogen) atoms. The summed E-state index contributed by atoms with van der Waals surface area (Å²) >= 11 is 0. The van der Waals surface area contributed by atoms with Crippen LogP contribution in [0.3, 0.4) is 0 Å². The first-order valence-corrected chi connectivity index (χ1v) is 7.70. The number of hydrogen-bond donors (Lipinski definition) is 2. The number of anilines is 1. The van der Waals surface area contributed by atoms with Crippen LogP contribution in [0.2, 0.25) is 0 Å². The molecular formula is C19H22N2O3. The summed E-state index contributed by atoms with van der Waals surface area (Å²) in [4.78, 5) is 25.9. The summed E-state index contributed by atoms with van der Waals surface area (Å²) in [7, 11) is 1.53. The van der Waals surface area contributed by atoms with E-state index in [9.17, 15) is 14.7 Å². The van der Waals surface area contributed by atoms with Crippen molar-refractivity contribution in [2.45, 2.75) is 20.8 Å². The number of aryl methyl sites for hydroxylation is 3. The van der Waals surface area contributed by atoms with Crippen LogP contribution >= 0.6 is 0 Å². The van der Waals surface area contributed by atoms with Crippen molar-refractivity contribution in [3.63, 3.8) is 0 Å². The largest absolute Gasteiger partial charge is 0.507 e. The van der Waals surface area contributed by atoms with Gasteiger partial charge in [0.2, 0.25) is 5.91 Å². The highest BCUT2D eigenvalue weighted by Gasteiger charge is 2.18. The molecule has 0 aliphatic carbocycles. The Hall–Kier alpha value is -2.82. The van der Waals surface area contributed by atoms with Crippen molar-refractivity contribution in [3.05, 3.63) is 58.7 Å². The lowest BCUT2D eigenvalue weighted by Crippen LogP contribution is -2.35. The molecule has 2 aromatic rings. The van der Waals surface area contributed by atoms with Gasteiger partial charge in [0, 0.05) is 12.7 Å². The van der Waals surface area contributed by atoms with Gasteiger partial charge in [-0.2, -0.15) is 0 Å². The summed E-state index contributed by atoms with van der Waals surface area (Å²) < 4.78 is 0. The van der Waals surface area contributed by atoms with E-state index in [4.69, 9.17) is 0 Å². The minimum atomic E-state index is -0.396. The quantitative estimate of drug-likeness (QED) is 0.907. The molecule has 0 saturated heterocycles. The highest BCUT2D eigenvalue weighted by molar-refractivity contribution is 6.01. The maximum absolute atomic E-state index is 12.4. The standard InChI is InChI=1S/C19H22N2O3/c1-12-6-8-17(22)15(9-12)19(24)21(4)11-18(23)20-16-10-13(2)5-7-14(16)3/h5-10,22H,11H2,1-4H3,(H,20,23). The Balaban J connectivity index is 2.07. The number of hydrogen-bond acceptors (Lipinski definition) is 3. The Morgan fingerprint density at radius 2 is 1.67 bits per heavy atom. The third kappa shape index (κ3) is 4.13. The van der Waals surface area contributed by atoms with E-state index in [1.54, 1.807) is 12.1 Å². The molecule has 0 heterocycles. The van der Waals surface area contributed by atoms with Crippen molar-refractivity contribution in [1.29, 1.82) is 0 Å². The average molecular weight is 326 g/mol. The normalized spacial score (nSPS) is 10.3. The van der Waals surface area contributed by atoms with E-state index >= 15 is 0 Å². The molecule has 5 nitrogen and oxygen atoms in total. The molecule has 2 N–H and O–H groups in total. The third-order valence-corrected chi connectivity index (χ3v) is 3.78. The van der Waals surface area contributed by atoms with Gasteiger partial charge >= 0.3 is 0 Å². The number of carbonyl (C=O) groups is 2. The summed E-state index contributed by atoms with van der Waals surface area (Å²) in [6, 6.07) is 10.6. The fraction of sp³-hybridized carbons (Fsp3) is 0.263. The van der Waals surface area contributed by atoms with Crippen LogP contribution in [0.4, 0.5) is 5.69 Å². The van der Waals surface area contributed by atoms with Gasteiger partial charge in [-0.15, -0.1) is 0 Å². The fourth-order valence-corrected chi connectivity index (χ4v) is 2.37. The van der Waals surface area contributed by atoms with Crippen LogP contribution in [0.15, 0.2) is 36.4 Å². The molecule has 2 rings (SSSR count). The van der Waals surface area contributed by atoms with Crippen LogP contribution in [0.25, 0.3) is 0 Å². The van der Waals surface area contributed by atoms with Crippen LogP contribution in [0.5, 0.6) is 5.75 Å². The monoisotopic (exact) mass is 326 g/mol. The summed E-state index contributed by atoms with van der Waals surface area (Å²) in [6.45, 7) is 5.60. The first-order chi connectivity index (χ1) is 11.3. The number of rotatable bonds is 4. The minimum Gasteiger partial charge on any atom is -0.507 e. The first-order valence-electron chi connectivity index (χ1n) is 7.70. The third-order valence-electron chi connectivity index (χ3n) is 3.78. The Labute approximate surface area is 141 Å². The Morgan fingerprint density at radius 3 is 2.38 bits per heavy atom. The summed E-state index contributed by atoms with van der Waals surface area (Å²) in [5.41, 5.74) is 3.80. The van der Waals surface area contributed by atoms with Crippen molar-refractivity contribution in [2.75, 3.05) is 18.9 Å². The number of aromatic hydroxyl groups is 1. The van der Waals surface area contributed by atoms with E-state index in [0.717, 1.165) is 22.4 Å². The second-order valence-corrected chi connectivity index (χ2v) is 6.05. The molecule has 0 saturated carbocycles. The highest BCUT2D eigenvalue weighted by Crippen LogP contribution is 2.20. The van der Waals surface area contributed by atoms with E-state index in [0.29, 0.717) is 0 Å². The number of nitrogens with one attached hydrogen (secondary N) is 1. The van der Waals surface area contributed by atoms with Crippen molar-refractivity contribution >= 4 is 17.5 Å². The van der Waals surface area contributed by atoms with Gasteiger partial charge in [0.1, 0.15) is 5.75 Å². The lowest BCUT2D eigenvalue weighted by Gasteiger charge is -2.18. The molecule has 126 valence electrons. The highest BCUT2D eigenvalue weighted by atomic mass is 16.3. The molecule has 0 spiro atoms. The topological polar surface area (TPSA) is 69.6 Å². The van der Waals surface area contributed by atoms with Gasteiger partial charge in [-0.1, -0.05) is 23.8 Å².